The molecule has 0 saturated heterocycles. The molecule has 0 aromatic rings. The minimum atomic E-state index is -0.238. The highest BCUT2D eigenvalue weighted by Crippen LogP contribution is 2.27. The number of carbonyl (C=O) groups is 1. The molecule has 3 aliphatic heterocycles. The normalized spacial score (nSPS) is 30.3. The Balaban J connectivity index is 0.000000853. The Labute approximate surface area is 97.0 Å². The van der Waals surface area contributed by atoms with Crippen LogP contribution in [0.25, 0.3) is 0 Å². The van der Waals surface area contributed by atoms with Gasteiger partial charge in [0.15, 0.2) is 6.17 Å². The SMILES string of the molecule is Br.O=C1N=NC2NC=CN3C=CC=C1C23. The maximum Gasteiger partial charge on any atom is 0.293 e. The van der Waals surface area contributed by atoms with Gasteiger partial charge in [-0.05, 0) is 12.2 Å². The number of halogens is 1. The van der Waals surface area contributed by atoms with E-state index in [1.165, 1.54) is 0 Å². The minimum Gasteiger partial charge on any atom is -0.365 e. The topological polar surface area (TPSA) is 57.1 Å². The van der Waals surface area contributed by atoms with E-state index in [1.807, 2.05) is 29.6 Å². The van der Waals surface area contributed by atoms with Crippen molar-refractivity contribution in [1.82, 2.24) is 10.2 Å². The van der Waals surface area contributed by atoms with E-state index in [-0.39, 0.29) is 35.1 Å². The molecule has 1 amide bonds. The number of azo groups is 1. The summed E-state index contributed by atoms with van der Waals surface area (Å²) in [5, 5.41) is 10.6. The first-order valence-corrected chi connectivity index (χ1v) is 4.40. The molecule has 3 heterocycles. The summed E-state index contributed by atoms with van der Waals surface area (Å²) in [6.07, 6.45) is 9.12. The van der Waals surface area contributed by atoms with Crippen molar-refractivity contribution in [2.45, 2.75) is 12.2 Å². The molecule has 15 heavy (non-hydrogen) atoms. The fourth-order valence-corrected chi connectivity index (χ4v) is 1.86. The minimum absolute atomic E-state index is 0. The maximum absolute atomic E-state index is 11.4. The molecule has 2 unspecified atom stereocenters. The number of amides is 1. The lowest BCUT2D eigenvalue weighted by atomic mass is 9.97. The lowest BCUT2D eigenvalue weighted by Gasteiger charge is -2.38. The zero-order chi connectivity index (χ0) is 9.54. The third-order valence-corrected chi connectivity index (χ3v) is 2.51. The second-order valence-electron chi connectivity index (χ2n) is 3.30. The van der Waals surface area contributed by atoms with Gasteiger partial charge in [0, 0.05) is 24.2 Å². The highest BCUT2D eigenvalue weighted by molar-refractivity contribution is 8.93. The van der Waals surface area contributed by atoms with Crippen LogP contribution in [0.1, 0.15) is 0 Å². The summed E-state index contributed by atoms with van der Waals surface area (Å²) in [4.78, 5) is 13.4. The van der Waals surface area contributed by atoms with Crippen molar-refractivity contribution in [2.24, 2.45) is 10.2 Å². The van der Waals surface area contributed by atoms with Crippen molar-refractivity contribution in [3.05, 3.63) is 36.3 Å². The predicted octanol–water partition coefficient (Wildman–Crippen LogP) is 1.08. The molecule has 0 fully saturated rings. The molecule has 0 aromatic carbocycles. The number of allylic oxidation sites excluding steroid dienone is 2. The van der Waals surface area contributed by atoms with Crippen molar-refractivity contribution in [2.75, 3.05) is 0 Å². The molecule has 0 saturated carbocycles. The second-order valence-corrected chi connectivity index (χ2v) is 3.30. The van der Waals surface area contributed by atoms with Gasteiger partial charge in [0.1, 0.15) is 6.04 Å². The first-order valence-electron chi connectivity index (χ1n) is 4.40. The van der Waals surface area contributed by atoms with Crippen molar-refractivity contribution in [3.8, 4) is 0 Å². The van der Waals surface area contributed by atoms with Crippen molar-refractivity contribution < 1.29 is 4.79 Å². The Bertz CT molecular complexity index is 412. The summed E-state index contributed by atoms with van der Waals surface area (Å²) in [5.41, 5.74) is 0.698. The highest BCUT2D eigenvalue weighted by Gasteiger charge is 2.38. The zero-order valence-electron chi connectivity index (χ0n) is 7.70. The lowest BCUT2D eigenvalue weighted by Crippen LogP contribution is -2.51. The average Bonchev–Trinajstić information content (AvgIpc) is 2.24. The number of carbonyl (C=O) groups excluding carboxylic acids is 1. The highest BCUT2D eigenvalue weighted by atomic mass is 79.9. The molecule has 5 nitrogen and oxygen atoms in total. The summed E-state index contributed by atoms with van der Waals surface area (Å²) in [6.45, 7) is 0. The molecule has 3 rings (SSSR count). The average molecular weight is 269 g/mol. The standard InChI is InChI=1S/C9H8N4O.BrH/c14-9-6-2-1-4-13-5-3-10-8(7(6)13)11-12-9;/h1-5,7-8,10H;1H. The van der Waals surface area contributed by atoms with Gasteiger partial charge in [0.2, 0.25) is 0 Å². The van der Waals surface area contributed by atoms with Gasteiger partial charge in [0.25, 0.3) is 5.91 Å². The molecule has 78 valence electrons. The molecule has 0 aliphatic carbocycles. The molecular formula is C9H9BrN4O. The largest absolute Gasteiger partial charge is 0.365 e. The van der Waals surface area contributed by atoms with Gasteiger partial charge >= 0.3 is 0 Å². The van der Waals surface area contributed by atoms with E-state index >= 15 is 0 Å². The van der Waals surface area contributed by atoms with Crippen molar-refractivity contribution in [1.29, 1.82) is 0 Å². The lowest BCUT2D eigenvalue weighted by molar-refractivity contribution is -0.116. The van der Waals surface area contributed by atoms with Crippen LogP contribution in [0, 0.1) is 0 Å². The fourth-order valence-electron chi connectivity index (χ4n) is 1.86. The summed E-state index contributed by atoms with van der Waals surface area (Å²) < 4.78 is 0. The second kappa shape index (κ2) is 3.62. The summed E-state index contributed by atoms with van der Waals surface area (Å²) in [7, 11) is 0. The van der Waals surface area contributed by atoms with Gasteiger partial charge in [-0.15, -0.1) is 22.1 Å². The first kappa shape index (κ1) is 10.1. The van der Waals surface area contributed by atoms with Crippen LogP contribution < -0.4 is 5.32 Å². The molecule has 1 N–H and O–H groups in total. The molecule has 0 spiro atoms. The number of hydrogen-bond acceptors (Lipinski definition) is 4. The quantitative estimate of drug-likeness (QED) is 0.716. The monoisotopic (exact) mass is 268 g/mol. The number of hydrogen-bond donors (Lipinski definition) is 1. The van der Waals surface area contributed by atoms with E-state index in [0.29, 0.717) is 5.57 Å². The fraction of sp³-hybridized carbons (Fsp3) is 0.222. The molecule has 0 aromatic heterocycles. The zero-order valence-corrected chi connectivity index (χ0v) is 9.41. The smallest absolute Gasteiger partial charge is 0.293 e. The maximum atomic E-state index is 11.4. The van der Waals surface area contributed by atoms with E-state index in [4.69, 9.17) is 0 Å². The van der Waals surface area contributed by atoms with Crippen LogP contribution in [0.15, 0.2) is 46.6 Å². The number of nitrogens with zero attached hydrogens (tertiary/aromatic N) is 3. The van der Waals surface area contributed by atoms with E-state index in [1.54, 1.807) is 6.08 Å². The van der Waals surface area contributed by atoms with E-state index < -0.39 is 0 Å². The molecule has 2 atom stereocenters. The van der Waals surface area contributed by atoms with E-state index in [9.17, 15) is 4.79 Å². The van der Waals surface area contributed by atoms with Crippen LogP contribution in [-0.2, 0) is 4.79 Å². The van der Waals surface area contributed by atoms with Crippen LogP contribution in [0.4, 0.5) is 0 Å². The summed E-state index contributed by atoms with van der Waals surface area (Å²) in [5.74, 6) is -0.238. The molecule has 6 heteroatoms. The Morgan fingerprint density at radius 3 is 3.13 bits per heavy atom. The Kier molecular flexibility index (Phi) is 2.44. The summed E-state index contributed by atoms with van der Waals surface area (Å²) >= 11 is 0. The van der Waals surface area contributed by atoms with Crippen LogP contribution in [0.5, 0.6) is 0 Å². The Morgan fingerprint density at radius 2 is 2.27 bits per heavy atom. The van der Waals surface area contributed by atoms with Crippen molar-refractivity contribution in [3.63, 3.8) is 0 Å². The predicted molar refractivity (Wildman–Crippen MR) is 59.1 cm³/mol. The van der Waals surface area contributed by atoms with Gasteiger partial charge in [-0.1, -0.05) is 0 Å². The van der Waals surface area contributed by atoms with Crippen LogP contribution in [0.3, 0.4) is 0 Å². The van der Waals surface area contributed by atoms with Gasteiger partial charge in [0.05, 0.1) is 0 Å². The van der Waals surface area contributed by atoms with Gasteiger partial charge in [-0.3, -0.25) is 4.79 Å². The van der Waals surface area contributed by atoms with E-state index in [0.717, 1.165) is 0 Å². The van der Waals surface area contributed by atoms with Crippen LogP contribution in [-0.4, -0.2) is 23.0 Å². The third kappa shape index (κ3) is 1.41. The summed E-state index contributed by atoms with van der Waals surface area (Å²) in [6, 6.07) is -0.0324. The molecule has 0 radical (unpaired) electrons. The van der Waals surface area contributed by atoms with Crippen LogP contribution in [0.2, 0.25) is 0 Å². The molecule has 3 aliphatic rings. The van der Waals surface area contributed by atoms with Gasteiger partial charge < -0.3 is 10.2 Å². The molecular weight excluding hydrogens is 260 g/mol. The van der Waals surface area contributed by atoms with Crippen LogP contribution >= 0.6 is 17.0 Å². The van der Waals surface area contributed by atoms with Crippen molar-refractivity contribution >= 4 is 22.9 Å². The Hall–Kier alpha value is -1.43. The van der Waals surface area contributed by atoms with Gasteiger partial charge in [-0.25, -0.2) is 0 Å². The molecule has 0 bridgehead atoms. The number of rotatable bonds is 0. The first-order chi connectivity index (χ1) is 6.86. The number of nitrogens with one attached hydrogen (secondary N) is 1. The van der Waals surface area contributed by atoms with Gasteiger partial charge in [-0.2, -0.15) is 5.11 Å². The third-order valence-electron chi connectivity index (χ3n) is 2.51. The van der Waals surface area contributed by atoms with E-state index in [2.05, 4.69) is 15.5 Å². The Morgan fingerprint density at radius 1 is 1.40 bits per heavy atom.